The molecule has 106 valence electrons. The molecule has 7 nitrogen and oxygen atoms in total. The van der Waals surface area contributed by atoms with Gasteiger partial charge in [0.25, 0.3) is 5.56 Å². The van der Waals surface area contributed by atoms with Crippen LogP contribution in [0.4, 0.5) is 5.69 Å². The van der Waals surface area contributed by atoms with Gasteiger partial charge in [0.05, 0.1) is 0 Å². The average molecular weight is 295 g/mol. The van der Waals surface area contributed by atoms with Crippen molar-refractivity contribution in [2.24, 2.45) is 0 Å². The minimum Gasteiger partial charge on any atom is -0.377 e. The number of anilines is 1. The minimum atomic E-state index is -4.73. The highest BCUT2D eigenvalue weighted by Crippen LogP contribution is 2.27. The summed E-state index contributed by atoms with van der Waals surface area (Å²) in [4.78, 5) is 17.4. The number of hydrogen-bond acceptors (Lipinski definition) is 5. The van der Waals surface area contributed by atoms with Crippen LogP contribution in [0.25, 0.3) is 11.4 Å². The maximum atomic E-state index is 11.7. The molecule has 0 spiro atoms. The highest BCUT2D eigenvalue weighted by atomic mass is 32.2. The predicted molar refractivity (Wildman–Crippen MR) is 75.2 cm³/mol. The normalized spacial score (nSPS) is 11.3. The van der Waals surface area contributed by atoms with Crippen LogP contribution in [0.1, 0.15) is 0 Å². The van der Waals surface area contributed by atoms with E-state index in [1.54, 1.807) is 43.3 Å². The van der Waals surface area contributed by atoms with Crippen LogP contribution in [0.2, 0.25) is 0 Å². The Kier molecular flexibility index (Phi) is 3.60. The van der Waals surface area contributed by atoms with Crippen molar-refractivity contribution in [3.05, 3.63) is 46.9 Å². The van der Waals surface area contributed by atoms with Gasteiger partial charge in [-0.15, -0.1) is 0 Å². The van der Waals surface area contributed by atoms with E-state index in [-0.39, 0.29) is 9.80 Å². The first-order valence-corrected chi connectivity index (χ1v) is 7.05. The molecule has 1 heterocycles. The largest absolute Gasteiger partial charge is 0.377 e. The Bertz CT molecular complexity index is 796. The zero-order valence-corrected chi connectivity index (χ0v) is 11.7. The zero-order valence-electron chi connectivity index (χ0n) is 10.9. The lowest BCUT2D eigenvalue weighted by atomic mass is 10.1. The molecule has 2 aromatic rings. The number of para-hydroxylation sites is 1. The van der Waals surface area contributed by atoms with E-state index in [1.165, 1.54) is 6.20 Å². The van der Waals surface area contributed by atoms with E-state index in [0.29, 0.717) is 11.3 Å². The van der Waals surface area contributed by atoms with E-state index in [9.17, 15) is 17.8 Å². The summed E-state index contributed by atoms with van der Waals surface area (Å²) < 4.78 is 32.3. The SMILES string of the molecule is CN(C)c1ccccc1-c1nccc(=O)n1S(=O)(=O)O. The maximum Gasteiger partial charge on any atom is 0.368 e. The molecule has 1 aromatic heterocycles. The van der Waals surface area contributed by atoms with Gasteiger partial charge in [-0.1, -0.05) is 12.1 Å². The van der Waals surface area contributed by atoms with Crippen molar-refractivity contribution in [3.63, 3.8) is 0 Å². The van der Waals surface area contributed by atoms with Gasteiger partial charge in [-0.2, -0.15) is 12.4 Å². The van der Waals surface area contributed by atoms with Crippen LogP contribution < -0.4 is 10.5 Å². The molecule has 0 amide bonds. The second-order valence-corrected chi connectivity index (χ2v) is 5.52. The highest BCUT2D eigenvalue weighted by molar-refractivity contribution is 7.84. The smallest absolute Gasteiger partial charge is 0.368 e. The first-order chi connectivity index (χ1) is 9.32. The van der Waals surface area contributed by atoms with Gasteiger partial charge in [-0.05, 0) is 12.1 Å². The summed E-state index contributed by atoms with van der Waals surface area (Å²) in [7, 11) is -1.18. The average Bonchev–Trinajstić information content (AvgIpc) is 2.36. The summed E-state index contributed by atoms with van der Waals surface area (Å²) in [5.41, 5.74) is 0.224. The van der Waals surface area contributed by atoms with Gasteiger partial charge in [0.15, 0.2) is 5.82 Å². The fraction of sp³-hybridized carbons (Fsp3) is 0.167. The first kappa shape index (κ1) is 14.2. The third-order valence-electron chi connectivity index (χ3n) is 2.66. The van der Waals surface area contributed by atoms with E-state index in [1.807, 2.05) is 0 Å². The van der Waals surface area contributed by atoms with E-state index >= 15 is 0 Å². The molecule has 0 atom stereocenters. The molecular weight excluding hydrogens is 282 g/mol. The van der Waals surface area contributed by atoms with Crippen LogP contribution in [0.15, 0.2) is 41.3 Å². The number of nitrogens with zero attached hydrogens (tertiary/aromatic N) is 3. The lowest BCUT2D eigenvalue weighted by Gasteiger charge is -2.18. The summed E-state index contributed by atoms with van der Waals surface area (Å²) in [6, 6.07) is 7.81. The number of benzene rings is 1. The third-order valence-corrected chi connectivity index (χ3v) is 3.48. The number of hydrogen-bond donors (Lipinski definition) is 1. The van der Waals surface area contributed by atoms with Crippen molar-refractivity contribution >= 4 is 16.0 Å². The fourth-order valence-electron chi connectivity index (χ4n) is 1.85. The molecule has 0 aliphatic heterocycles. The van der Waals surface area contributed by atoms with Gasteiger partial charge in [-0.3, -0.25) is 9.35 Å². The molecule has 0 saturated carbocycles. The fourth-order valence-corrected chi connectivity index (χ4v) is 2.50. The summed E-state index contributed by atoms with van der Waals surface area (Å²) in [5, 5.41) is 0. The molecule has 20 heavy (non-hydrogen) atoms. The zero-order chi connectivity index (χ0) is 14.9. The summed E-state index contributed by atoms with van der Waals surface area (Å²) in [5.74, 6) is -0.135. The van der Waals surface area contributed by atoms with E-state index in [2.05, 4.69) is 4.98 Å². The van der Waals surface area contributed by atoms with Crippen molar-refractivity contribution in [1.82, 2.24) is 8.96 Å². The lowest BCUT2D eigenvalue weighted by molar-refractivity contribution is 0.470. The topological polar surface area (TPSA) is 92.5 Å². The predicted octanol–water partition coefficient (Wildman–Crippen LogP) is 0.627. The highest BCUT2D eigenvalue weighted by Gasteiger charge is 2.20. The van der Waals surface area contributed by atoms with Crippen LogP contribution in [0, 0.1) is 0 Å². The maximum absolute atomic E-state index is 11.7. The second-order valence-electron chi connectivity index (χ2n) is 4.26. The third kappa shape index (κ3) is 2.56. The Morgan fingerprint density at radius 2 is 1.85 bits per heavy atom. The van der Waals surface area contributed by atoms with Crippen molar-refractivity contribution < 1.29 is 13.0 Å². The summed E-state index contributed by atoms with van der Waals surface area (Å²) in [6.45, 7) is 0. The quantitative estimate of drug-likeness (QED) is 0.835. The Balaban J connectivity index is 2.85. The van der Waals surface area contributed by atoms with Gasteiger partial charge in [-0.25, -0.2) is 4.98 Å². The molecule has 0 bridgehead atoms. The van der Waals surface area contributed by atoms with E-state index in [0.717, 1.165) is 6.07 Å². The Morgan fingerprint density at radius 1 is 1.20 bits per heavy atom. The van der Waals surface area contributed by atoms with Crippen LogP contribution >= 0.6 is 0 Å². The molecule has 1 N–H and O–H groups in total. The van der Waals surface area contributed by atoms with E-state index in [4.69, 9.17) is 0 Å². The van der Waals surface area contributed by atoms with Crippen LogP contribution in [-0.4, -0.2) is 36.0 Å². The lowest BCUT2D eigenvalue weighted by Crippen LogP contribution is -2.28. The number of rotatable bonds is 3. The molecule has 0 saturated heterocycles. The van der Waals surface area contributed by atoms with Gasteiger partial charge in [0.2, 0.25) is 0 Å². The summed E-state index contributed by atoms with van der Waals surface area (Å²) in [6.07, 6.45) is 1.20. The molecule has 1 aromatic carbocycles. The Morgan fingerprint density at radius 3 is 2.45 bits per heavy atom. The summed E-state index contributed by atoms with van der Waals surface area (Å²) >= 11 is 0. The standard InChI is InChI=1S/C12H13N3O4S/c1-14(2)10-6-4-3-5-9(10)12-13-8-7-11(16)15(12)20(17,18)19/h3-8H,1-2H3,(H,17,18,19). The molecular formula is C12H13N3O4S. The monoisotopic (exact) mass is 295 g/mol. The molecule has 0 radical (unpaired) electrons. The van der Waals surface area contributed by atoms with Gasteiger partial charge in [0.1, 0.15) is 0 Å². The molecule has 0 fully saturated rings. The van der Waals surface area contributed by atoms with Crippen molar-refractivity contribution in [2.45, 2.75) is 0 Å². The van der Waals surface area contributed by atoms with Crippen molar-refractivity contribution in [1.29, 1.82) is 0 Å². The second kappa shape index (κ2) is 5.06. The van der Waals surface area contributed by atoms with Crippen molar-refractivity contribution in [2.75, 3.05) is 19.0 Å². The molecule has 2 rings (SSSR count). The molecule has 8 heteroatoms. The van der Waals surface area contributed by atoms with Gasteiger partial charge in [0, 0.05) is 37.6 Å². The first-order valence-electron chi connectivity index (χ1n) is 5.65. The van der Waals surface area contributed by atoms with Gasteiger partial charge >= 0.3 is 10.3 Å². The molecule has 0 aliphatic carbocycles. The Labute approximate surface area is 116 Å². The molecule has 0 unspecified atom stereocenters. The van der Waals surface area contributed by atoms with E-state index < -0.39 is 15.9 Å². The van der Waals surface area contributed by atoms with Crippen molar-refractivity contribution in [3.8, 4) is 11.4 Å². The molecule has 0 aliphatic rings. The van der Waals surface area contributed by atoms with Crippen LogP contribution in [0.3, 0.4) is 0 Å². The Hall–Kier alpha value is -2.19. The van der Waals surface area contributed by atoms with Crippen LogP contribution in [-0.2, 0) is 10.3 Å². The number of aromatic nitrogens is 2. The minimum absolute atomic E-state index is 0.135. The van der Waals surface area contributed by atoms with Gasteiger partial charge < -0.3 is 4.90 Å². The van der Waals surface area contributed by atoms with Crippen LogP contribution in [0.5, 0.6) is 0 Å².